The minimum Gasteiger partial charge on any atom is -0.460 e. The molecular formula is C120H146ClN9O13. The molecule has 8 aromatic carbocycles. The summed E-state index contributed by atoms with van der Waals surface area (Å²) < 4.78 is 31.2. The minimum atomic E-state index is -0.792. The Balaban J connectivity index is 0.000000164. The summed E-state index contributed by atoms with van der Waals surface area (Å²) in [5.74, 6) is 2.26. The molecule has 3 amide bonds. The van der Waals surface area contributed by atoms with E-state index >= 15 is 0 Å². The number of ether oxygens (including phenoxy) is 6. The number of carbonyl (C=O) groups is 7. The highest BCUT2D eigenvalue weighted by molar-refractivity contribution is 6.61. The summed E-state index contributed by atoms with van der Waals surface area (Å²) >= 11 is 4.75. The molecule has 0 saturated heterocycles. The monoisotopic (exact) mass is 1960 g/mol. The van der Waals surface area contributed by atoms with Crippen LogP contribution >= 0.6 is 11.6 Å². The number of hydrogen-bond donors (Lipinski definition) is 3. The number of rotatable bonds is 39. The van der Waals surface area contributed by atoms with Crippen molar-refractivity contribution in [3.8, 4) is 18.2 Å². The zero-order valence-electron chi connectivity index (χ0n) is 83.5. The van der Waals surface area contributed by atoms with Gasteiger partial charge in [-0.2, -0.15) is 15.8 Å². The lowest BCUT2D eigenvalue weighted by atomic mass is 9.95. The van der Waals surface area contributed by atoms with Gasteiger partial charge in [0.25, 0.3) is 0 Å². The molecule has 756 valence electrons. The van der Waals surface area contributed by atoms with Crippen molar-refractivity contribution in [1.82, 2.24) is 25.3 Å². The van der Waals surface area contributed by atoms with E-state index in [4.69, 9.17) is 56.8 Å². The van der Waals surface area contributed by atoms with Crippen LogP contribution in [0.4, 0.5) is 19.2 Å². The Kier molecular flexibility index (Phi) is 40.2. The normalized spacial score (nSPS) is 21.2. The van der Waals surface area contributed by atoms with Crippen LogP contribution in [0.3, 0.4) is 0 Å². The Labute approximate surface area is 852 Å². The van der Waals surface area contributed by atoms with E-state index in [0.717, 1.165) is 127 Å². The molecule has 10 saturated carbocycles. The van der Waals surface area contributed by atoms with Crippen molar-refractivity contribution < 1.29 is 62.0 Å². The van der Waals surface area contributed by atoms with Crippen LogP contribution in [0.2, 0.25) is 0 Å². The fraction of sp³-hybridized carbons (Fsp3) is 0.450. The van der Waals surface area contributed by atoms with E-state index in [2.05, 4.69) is 175 Å². The SMILES string of the molecule is C.C=CCOC(=O)Cl.C=CCOC(=O)N(CC1(CC(=O)OC(C)(C)C)CC1)[C@H]1CC1c1ccccc1.C=CCOC(=O)N(CC1(CCc2ccc(C#N)cc2)CC1)[C@H]1CC1c1ccccc1.C=CCOC(=O)N(CC1(N)CC1)[C@H]1CC1c1ccccc1.CC(C)(C)OC(=O)CC1(CN[C@H]2CC2c2ccccc2)CC1.N#Cc1ccc(C=O)cc1.N#Cc1ccc(CCC2(CN[C@H]3CC3c3ccccc3)CC2)cc1. The highest BCUT2D eigenvalue weighted by Crippen LogP contribution is 2.57. The number of aldehydes is 1. The van der Waals surface area contributed by atoms with E-state index in [1.165, 1.54) is 77.1 Å². The molecule has 0 bridgehead atoms. The average molecular weight is 1960 g/mol. The van der Waals surface area contributed by atoms with Gasteiger partial charge in [-0.25, -0.2) is 19.2 Å². The van der Waals surface area contributed by atoms with Crippen LogP contribution in [0.15, 0.2) is 275 Å². The molecule has 0 spiro atoms. The lowest BCUT2D eigenvalue weighted by molar-refractivity contribution is -0.157. The summed E-state index contributed by atoms with van der Waals surface area (Å²) in [6.07, 6.45) is 28.0. The van der Waals surface area contributed by atoms with E-state index in [1.54, 1.807) is 42.5 Å². The van der Waals surface area contributed by atoms with Crippen LogP contribution in [-0.2, 0) is 50.9 Å². The van der Waals surface area contributed by atoms with Crippen molar-refractivity contribution in [2.24, 2.45) is 27.4 Å². The third-order valence-corrected chi connectivity index (χ3v) is 28.1. The van der Waals surface area contributed by atoms with Crippen LogP contribution in [-0.4, -0.2) is 163 Å². The summed E-state index contributed by atoms with van der Waals surface area (Å²) in [4.78, 5) is 87.6. The first-order valence-electron chi connectivity index (χ1n) is 50.2. The minimum absolute atomic E-state index is 0. The van der Waals surface area contributed by atoms with Crippen LogP contribution in [0.1, 0.15) is 267 Å². The van der Waals surface area contributed by atoms with Crippen LogP contribution in [0, 0.1) is 55.7 Å². The highest BCUT2D eigenvalue weighted by atomic mass is 35.5. The van der Waals surface area contributed by atoms with Crippen LogP contribution in [0.25, 0.3) is 0 Å². The fourth-order valence-electron chi connectivity index (χ4n) is 18.4. The standard InChI is InChI=1S/C26H28N2O2.C23H31NO4.C22H24N2.C19H27NO2.C17H22N2O2.C8H5NO.C4H5ClO2.CH4/c1-2-16-30-25(29)28(24-17-23(24)22-6-4-3-5-7-22)19-26(14-15-26)13-12-20-8-10-21(18-27)11-9-20;1-5-13-27-21(26)24(19-14-18(19)17-9-7-6-8-10-17)16-23(11-12-23)15-20(25)28-22(2,3)4;23-15-18-8-6-17(7-9-18)10-11-22(12-13-22)16-24-21-14-20(21)19-4-2-1-3-5-19;1-18(2,3)22-17(21)12-19(9-10-19)13-20-16-11-15(16)14-7-5-4-6-8-14;1-2-10-21-16(20)19(12-17(18)8-9-17)15-11-14(15)13-6-4-3-5-7-13;9-5-7-1-3-8(6-10)4-2-7;1-2-3-7-4(5)6;/h2-11,23-24H,1,12-17,19H2;5-10,18-19H,1,11-16H2,2-4H3;1-9,20-21,24H,10-14,16H2;4-8,15-16,20H,9-13H2,1-3H3;2-7,14-15H,1,8-12,18H2;1-4,6H;2H,1,3H2;1H4/t23?,24-;18?,19-;20?,21-;15?,16-;14?,15-;;;/m00000.../s1. The van der Waals surface area contributed by atoms with E-state index in [-0.39, 0.29) is 110 Å². The summed E-state index contributed by atoms with van der Waals surface area (Å²) in [6.45, 7) is 30.4. The van der Waals surface area contributed by atoms with Crippen molar-refractivity contribution >= 4 is 53.5 Å². The molecule has 8 aromatic rings. The molecule has 23 heteroatoms. The number of esters is 2. The molecule has 143 heavy (non-hydrogen) atoms. The second kappa shape index (κ2) is 52.0. The topological polar surface area (TPSA) is 306 Å². The number of benzene rings is 8. The molecular weight excluding hydrogens is 1810 g/mol. The van der Waals surface area contributed by atoms with Crippen molar-refractivity contribution in [1.29, 1.82) is 15.8 Å². The van der Waals surface area contributed by atoms with E-state index in [9.17, 15) is 33.6 Å². The zero-order chi connectivity index (χ0) is 102. The quantitative estimate of drug-likeness (QED) is 0.0106. The first-order chi connectivity index (χ1) is 68.3. The maximum absolute atomic E-state index is 12.8. The largest absolute Gasteiger partial charge is 0.460 e. The van der Waals surface area contributed by atoms with Crippen molar-refractivity contribution in [2.45, 2.75) is 260 Å². The lowest BCUT2D eigenvalue weighted by Gasteiger charge is -2.28. The number of nitrogens with zero attached hydrogens (tertiary/aromatic N) is 6. The first kappa shape index (κ1) is 111. The van der Waals surface area contributed by atoms with Gasteiger partial charge in [0.1, 0.15) is 43.9 Å². The molecule has 4 N–H and O–H groups in total. The van der Waals surface area contributed by atoms with Gasteiger partial charge in [-0.1, -0.05) is 246 Å². The summed E-state index contributed by atoms with van der Waals surface area (Å²) in [6, 6.07) is 83.1. The van der Waals surface area contributed by atoms with Gasteiger partial charge in [0.15, 0.2) is 0 Å². The van der Waals surface area contributed by atoms with Gasteiger partial charge in [-0.3, -0.25) is 14.4 Å². The second-order valence-electron chi connectivity index (χ2n) is 42.1. The maximum Gasteiger partial charge on any atom is 0.410 e. The van der Waals surface area contributed by atoms with Crippen molar-refractivity contribution in [2.75, 3.05) is 59.2 Å². The Hall–Kier alpha value is -12.8. The Morgan fingerprint density at radius 3 is 0.986 bits per heavy atom. The van der Waals surface area contributed by atoms with Gasteiger partial charge in [-0.15, -0.1) is 0 Å². The molecule has 0 aromatic heterocycles. The molecule has 10 fully saturated rings. The Morgan fingerprint density at radius 2 is 0.692 bits per heavy atom. The van der Waals surface area contributed by atoms with Crippen molar-refractivity contribution in [3.63, 3.8) is 0 Å². The van der Waals surface area contributed by atoms with Gasteiger partial charge in [0.2, 0.25) is 0 Å². The molecule has 18 rings (SSSR count). The molecule has 22 nitrogen and oxygen atoms in total. The molecule has 0 aliphatic heterocycles. The molecule has 5 unspecified atom stereocenters. The predicted molar refractivity (Wildman–Crippen MR) is 562 cm³/mol. The zero-order valence-corrected chi connectivity index (χ0v) is 84.3. The number of halogens is 1. The summed E-state index contributed by atoms with van der Waals surface area (Å²) in [7, 11) is 0. The van der Waals surface area contributed by atoms with E-state index in [1.807, 2.05) is 141 Å². The smallest absolute Gasteiger partial charge is 0.410 e. The third-order valence-electron chi connectivity index (χ3n) is 28.0. The highest BCUT2D eigenvalue weighted by Gasteiger charge is 2.56. The predicted octanol–water partition coefficient (Wildman–Crippen LogP) is 24.4. The number of amides is 3. The number of nitrogens with two attached hydrogens (primary N) is 1. The molecule has 0 heterocycles. The Bertz CT molecular complexity index is 5620. The van der Waals surface area contributed by atoms with Crippen LogP contribution in [0.5, 0.6) is 0 Å². The summed E-state index contributed by atoms with van der Waals surface area (Å²) in [5.41, 5.74) is 17.0. The lowest BCUT2D eigenvalue weighted by Crippen LogP contribution is -2.44. The van der Waals surface area contributed by atoms with Crippen molar-refractivity contribution in [3.05, 3.63) is 336 Å². The Morgan fingerprint density at radius 1 is 0.399 bits per heavy atom. The fourth-order valence-corrected chi connectivity index (χ4v) is 18.4. The molecule has 10 aliphatic carbocycles. The summed E-state index contributed by atoms with van der Waals surface area (Å²) in [5, 5.41) is 33.7. The van der Waals surface area contributed by atoms with E-state index < -0.39 is 11.0 Å². The number of nitriles is 3. The number of aryl methyl sites for hydroxylation is 2. The average Bonchev–Trinajstić information content (AvgIpc) is 1.60. The number of nitrogens with one attached hydrogen (secondary N) is 2. The van der Waals surface area contributed by atoms with Gasteiger partial charge in [0.05, 0.1) is 47.7 Å². The molecule has 10 aliphatic rings. The number of carbonyl (C=O) groups excluding carboxylic acids is 7. The van der Waals surface area contributed by atoms with Gasteiger partial charge >= 0.3 is 35.6 Å². The van der Waals surface area contributed by atoms with Gasteiger partial charge < -0.3 is 59.5 Å². The van der Waals surface area contributed by atoms with Gasteiger partial charge in [0, 0.05) is 115 Å². The van der Waals surface area contributed by atoms with Gasteiger partial charge in [-0.05, 0) is 261 Å². The number of hydrogen-bond acceptors (Lipinski definition) is 19. The third kappa shape index (κ3) is 36.6. The molecule has 0 radical (unpaired) electrons. The molecule has 10 atom stereocenters. The van der Waals surface area contributed by atoms with Crippen LogP contribution < -0.4 is 16.4 Å². The maximum atomic E-state index is 12.8. The first-order valence-corrected chi connectivity index (χ1v) is 50.6. The second-order valence-corrected chi connectivity index (χ2v) is 42.4. The van der Waals surface area contributed by atoms with E-state index in [0.29, 0.717) is 83.8 Å².